The third-order valence-electron chi connectivity index (χ3n) is 2.85. The number of aromatic nitrogens is 1. The number of carbonyl (C=O) groups excluding carboxylic acids is 1. The number of thiazole rings is 1. The van der Waals surface area contributed by atoms with E-state index in [0.717, 1.165) is 23.1 Å². The van der Waals surface area contributed by atoms with Crippen LogP contribution < -0.4 is 5.32 Å². The number of non-ortho nitro benzene ring substituents is 1. The van der Waals surface area contributed by atoms with Crippen molar-refractivity contribution in [3.8, 4) is 0 Å². The number of halogens is 1. The van der Waals surface area contributed by atoms with Crippen molar-refractivity contribution < 1.29 is 9.72 Å². The molecule has 1 amide bonds. The molecular formula is C13H12ClN3O3S. The van der Waals surface area contributed by atoms with Crippen LogP contribution in [0, 0.1) is 17.0 Å². The van der Waals surface area contributed by atoms with Gasteiger partial charge in [-0.05, 0) is 19.4 Å². The molecule has 0 aliphatic rings. The Morgan fingerprint density at radius 2 is 2.24 bits per heavy atom. The molecule has 0 bridgehead atoms. The van der Waals surface area contributed by atoms with Crippen molar-refractivity contribution >= 4 is 39.7 Å². The molecule has 0 aliphatic heterocycles. The summed E-state index contributed by atoms with van der Waals surface area (Å²) in [5, 5.41) is 14.0. The molecule has 1 heterocycles. The molecule has 0 aliphatic carbocycles. The zero-order valence-electron chi connectivity index (χ0n) is 11.3. The second kappa shape index (κ2) is 6.19. The summed E-state index contributed by atoms with van der Waals surface area (Å²) in [6.45, 7) is 3.90. The number of hydrogen-bond donors (Lipinski definition) is 1. The standard InChI is InChI=1S/C13H12ClN3O3S/c1-3-11-7(2)21-13(15-11)16-12(18)9-6-8(17(19)20)4-5-10(9)14/h4-6H,3H2,1-2H3,(H,15,16,18). The molecule has 1 N–H and O–H groups in total. The summed E-state index contributed by atoms with van der Waals surface area (Å²) in [4.78, 5) is 27.7. The number of anilines is 1. The predicted molar refractivity (Wildman–Crippen MR) is 82.3 cm³/mol. The lowest BCUT2D eigenvalue weighted by atomic mass is 10.2. The highest BCUT2D eigenvalue weighted by Gasteiger charge is 2.17. The van der Waals surface area contributed by atoms with Crippen molar-refractivity contribution in [2.45, 2.75) is 20.3 Å². The van der Waals surface area contributed by atoms with E-state index >= 15 is 0 Å². The molecule has 1 aromatic heterocycles. The Balaban J connectivity index is 2.27. The average Bonchev–Trinajstić information content (AvgIpc) is 2.78. The van der Waals surface area contributed by atoms with Gasteiger partial charge in [0.2, 0.25) is 0 Å². The van der Waals surface area contributed by atoms with Crippen LogP contribution in [-0.2, 0) is 6.42 Å². The number of carbonyl (C=O) groups is 1. The van der Waals surface area contributed by atoms with Crippen LogP contribution in [0.3, 0.4) is 0 Å². The summed E-state index contributed by atoms with van der Waals surface area (Å²) in [6.07, 6.45) is 0.774. The van der Waals surface area contributed by atoms with E-state index < -0.39 is 10.8 Å². The van der Waals surface area contributed by atoms with Crippen LogP contribution in [0.2, 0.25) is 5.02 Å². The van der Waals surface area contributed by atoms with E-state index in [1.165, 1.54) is 23.5 Å². The first-order valence-electron chi connectivity index (χ1n) is 6.14. The van der Waals surface area contributed by atoms with E-state index in [2.05, 4.69) is 10.3 Å². The van der Waals surface area contributed by atoms with E-state index in [4.69, 9.17) is 11.6 Å². The number of amides is 1. The van der Waals surface area contributed by atoms with Gasteiger partial charge in [-0.3, -0.25) is 20.2 Å². The normalized spacial score (nSPS) is 10.4. The molecule has 6 nitrogen and oxygen atoms in total. The van der Waals surface area contributed by atoms with Gasteiger partial charge in [0, 0.05) is 17.0 Å². The molecule has 0 radical (unpaired) electrons. The third-order valence-corrected chi connectivity index (χ3v) is 4.11. The summed E-state index contributed by atoms with van der Waals surface area (Å²) in [7, 11) is 0. The SMILES string of the molecule is CCc1nc(NC(=O)c2cc([N+](=O)[O-])ccc2Cl)sc1C. The highest BCUT2D eigenvalue weighted by Crippen LogP contribution is 2.26. The van der Waals surface area contributed by atoms with Crippen molar-refractivity contribution in [3.05, 3.63) is 49.5 Å². The number of nitrogens with one attached hydrogen (secondary N) is 1. The van der Waals surface area contributed by atoms with Crippen molar-refractivity contribution in [2.24, 2.45) is 0 Å². The average molecular weight is 326 g/mol. The van der Waals surface area contributed by atoms with Gasteiger partial charge in [0.25, 0.3) is 11.6 Å². The first kappa shape index (κ1) is 15.4. The van der Waals surface area contributed by atoms with Gasteiger partial charge < -0.3 is 0 Å². The minimum atomic E-state index is -0.574. The monoisotopic (exact) mass is 325 g/mol. The van der Waals surface area contributed by atoms with Gasteiger partial charge in [-0.1, -0.05) is 18.5 Å². The second-order valence-corrected chi connectivity index (χ2v) is 5.86. The highest BCUT2D eigenvalue weighted by atomic mass is 35.5. The number of hydrogen-bond acceptors (Lipinski definition) is 5. The molecule has 0 fully saturated rings. The minimum absolute atomic E-state index is 0.0526. The van der Waals surface area contributed by atoms with E-state index in [0.29, 0.717) is 5.13 Å². The first-order chi connectivity index (χ1) is 9.92. The fourth-order valence-electron chi connectivity index (χ4n) is 1.77. The van der Waals surface area contributed by atoms with Gasteiger partial charge in [-0.25, -0.2) is 4.98 Å². The van der Waals surface area contributed by atoms with Crippen molar-refractivity contribution in [1.82, 2.24) is 4.98 Å². The topological polar surface area (TPSA) is 85.1 Å². The smallest absolute Gasteiger partial charge is 0.270 e. The Bertz CT molecular complexity index is 715. The van der Waals surface area contributed by atoms with Gasteiger partial charge in [-0.15, -0.1) is 11.3 Å². The van der Waals surface area contributed by atoms with Crippen LogP contribution in [0.5, 0.6) is 0 Å². The second-order valence-electron chi connectivity index (χ2n) is 4.25. The zero-order chi connectivity index (χ0) is 15.6. The molecular weight excluding hydrogens is 314 g/mol. The molecule has 0 saturated heterocycles. The van der Waals surface area contributed by atoms with Gasteiger partial charge in [0.1, 0.15) is 0 Å². The Morgan fingerprint density at radius 3 is 2.81 bits per heavy atom. The van der Waals surface area contributed by atoms with Crippen LogP contribution in [0.15, 0.2) is 18.2 Å². The number of rotatable bonds is 4. The minimum Gasteiger partial charge on any atom is -0.298 e. The van der Waals surface area contributed by atoms with Crippen LogP contribution in [0.25, 0.3) is 0 Å². The fourth-order valence-corrected chi connectivity index (χ4v) is 2.88. The number of aryl methyl sites for hydroxylation is 2. The van der Waals surface area contributed by atoms with Gasteiger partial charge in [0.15, 0.2) is 5.13 Å². The van der Waals surface area contributed by atoms with E-state index in [1.807, 2.05) is 13.8 Å². The Hall–Kier alpha value is -1.99. The predicted octanol–water partition coefficient (Wildman–Crippen LogP) is 3.83. The Labute approximate surface area is 129 Å². The summed E-state index contributed by atoms with van der Waals surface area (Å²) >= 11 is 7.28. The molecule has 0 saturated carbocycles. The summed E-state index contributed by atoms with van der Waals surface area (Å²) in [5.74, 6) is -0.514. The first-order valence-corrected chi connectivity index (χ1v) is 7.33. The molecule has 1 aromatic carbocycles. The fraction of sp³-hybridized carbons (Fsp3) is 0.231. The molecule has 0 unspecified atom stereocenters. The maximum atomic E-state index is 12.2. The summed E-state index contributed by atoms with van der Waals surface area (Å²) in [5.41, 5.74) is 0.784. The molecule has 2 aromatic rings. The molecule has 0 atom stereocenters. The maximum absolute atomic E-state index is 12.2. The van der Waals surface area contributed by atoms with Crippen LogP contribution in [0.1, 0.15) is 27.9 Å². The molecule has 0 spiro atoms. The maximum Gasteiger partial charge on any atom is 0.270 e. The number of nitrogens with zero attached hydrogens (tertiary/aromatic N) is 2. The quantitative estimate of drug-likeness (QED) is 0.683. The van der Waals surface area contributed by atoms with Gasteiger partial charge in [-0.2, -0.15) is 0 Å². The number of benzene rings is 1. The van der Waals surface area contributed by atoms with Gasteiger partial charge >= 0.3 is 0 Å². The largest absolute Gasteiger partial charge is 0.298 e. The summed E-state index contributed by atoms with van der Waals surface area (Å²) < 4.78 is 0. The van der Waals surface area contributed by atoms with E-state index in [-0.39, 0.29) is 16.3 Å². The molecule has 110 valence electrons. The summed E-state index contributed by atoms with van der Waals surface area (Å²) in [6, 6.07) is 3.74. The molecule has 8 heteroatoms. The van der Waals surface area contributed by atoms with Crippen LogP contribution in [-0.4, -0.2) is 15.8 Å². The zero-order valence-corrected chi connectivity index (χ0v) is 12.9. The van der Waals surface area contributed by atoms with Crippen LogP contribution >= 0.6 is 22.9 Å². The highest BCUT2D eigenvalue weighted by molar-refractivity contribution is 7.15. The van der Waals surface area contributed by atoms with Crippen molar-refractivity contribution in [1.29, 1.82) is 0 Å². The van der Waals surface area contributed by atoms with Crippen molar-refractivity contribution in [3.63, 3.8) is 0 Å². The van der Waals surface area contributed by atoms with E-state index in [1.54, 1.807) is 0 Å². The number of nitro benzene ring substituents is 1. The lowest BCUT2D eigenvalue weighted by Gasteiger charge is -2.04. The lowest BCUT2D eigenvalue weighted by molar-refractivity contribution is -0.384. The third kappa shape index (κ3) is 3.37. The molecule has 2 rings (SSSR count). The van der Waals surface area contributed by atoms with Crippen LogP contribution in [0.4, 0.5) is 10.8 Å². The lowest BCUT2D eigenvalue weighted by Crippen LogP contribution is -2.12. The van der Waals surface area contributed by atoms with E-state index in [9.17, 15) is 14.9 Å². The Morgan fingerprint density at radius 1 is 1.52 bits per heavy atom. The molecule has 21 heavy (non-hydrogen) atoms. The van der Waals surface area contributed by atoms with Gasteiger partial charge in [0.05, 0.1) is 21.2 Å². The van der Waals surface area contributed by atoms with Crippen molar-refractivity contribution in [2.75, 3.05) is 5.32 Å². The number of nitro groups is 1. The Kier molecular flexibility index (Phi) is 4.54.